The van der Waals surface area contributed by atoms with Crippen molar-refractivity contribution in [1.82, 2.24) is 4.98 Å². The van der Waals surface area contributed by atoms with Gasteiger partial charge in [-0.15, -0.1) is 0 Å². The maximum atomic E-state index is 13.2. The van der Waals surface area contributed by atoms with E-state index in [2.05, 4.69) is 20.9 Å². The normalized spacial score (nSPS) is 10.3. The molecule has 2 rings (SSSR count). The van der Waals surface area contributed by atoms with Crippen LogP contribution in [0.5, 0.6) is 11.5 Å². The Kier molecular flexibility index (Phi) is 3.71. The van der Waals surface area contributed by atoms with Crippen molar-refractivity contribution in [3.63, 3.8) is 0 Å². The van der Waals surface area contributed by atoms with E-state index in [1.807, 2.05) is 0 Å². The molecule has 2 aromatic rings. The maximum Gasteiger partial charge on any atom is 0.146 e. The van der Waals surface area contributed by atoms with E-state index in [1.165, 1.54) is 12.1 Å². The van der Waals surface area contributed by atoms with Crippen LogP contribution in [0.3, 0.4) is 0 Å². The van der Waals surface area contributed by atoms with Gasteiger partial charge in [-0.1, -0.05) is 0 Å². The van der Waals surface area contributed by atoms with E-state index >= 15 is 0 Å². The lowest BCUT2D eigenvalue weighted by Crippen LogP contribution is -1.97. The molecular formula is C12H10BrFN2O. The predicted molar refractivity (Wildman–Crippen MR) is 66.3 cm³/mol. The second-order valence-corrected chi connectivity index (χ2v) is 4.36. The van der Waals surface area contributed by atoms with Gasteiger partial charge in [-0.2, -0.15) is 0 Å². The van der Waals surface area contributed by atoms with Crippen LogP contribution >= 0.6 is 15.9 Å². The van der Waals surface area contributed by atoms with Gasteiger partial charge in [0.2, 0.25) is 0 Å². The van der Waals surface area contributed by atoms with Gasteiger partial charge in [0.15, 0.2) is 0 Å². The standard InChI is InChI=1S/C12H10BrFN2O/c13-9-3-12(7-16-6-9)17-11-2-8(5-15)1-10(14)4-11/h1-4,6-7H,5,15H2. The first-order valence-electron chi connectivity index (χ1n) is 4.95. The molecule has 0 aliphatic carbocycles. The quantitative estimate of drug-likeness (QED) is 0.946. The lowest BCUT2D eigenvalue weighted by atomic mass is 10.2. The van der Waals surface area contributed by atoms with Crippen LogP contribution in [-0.2, 0) is 6.54 Å². The average Bonchev–Trinajstić information content (AvgIpc) is 2.28. The highest BCUT2D eigenvalue weighted by Crippen LogP contribution is 2.24. The number of nitrogens with zero attached hydrogens (tertiary/aromatic N) is 1. The maximum absolute atomic E-state index is 13.2. The highest BCUT2D eigenvalue weighted by atomic mass is 79.9. The number of hydrogen-bond acceptors (Lipinski definition) is 3. The summed E-state index contributed by atoms with van der Waals surface area (Å²) in [4.78, 5) is 3.96. The number of pyridine rings is 1. The Morgan fingerprint density at radius 3 is 2.71 bits per heavy atom. The third kappa shape index (κ3) is 3.25. The zero-order valence-corrected chi connectivity index (χ0v) is 10.4. The zero-order chi connectivity index (χ0) is 12.3. The van der Waals surface area contributed by atoms with Crippen molar-refractivity contribution in [3.05, 3.63) is 52.5 Å². The smallest absolute Gasteiger partial charge is 0.146 e. The van der Waals surface area contributed by atoms with Crippen molar-refractivity contribution in [3.8, 4) is 11.5 Å². The Morgan fingerprint density at radius 2 is 2.00 bits per heavy atom. The number of rotatable bonds is 3. The predicted octanol–water partition coefficient (Wildman–Crippen LogP) is 3.23. The van der Waals surface area contributed by atoms with Crippen molar-refractivity contribution in [2.24, 2.45) is 5.73 Å². The highest BCUT2D eigenvalue weighted by molar-refractivity contribution is 9.10. The summed E-state index contributed by atoms with van der Waals surface area (Å²) >= 11 is 3.28. The van der Waals surface area contributed by atoms with E-state index in [0.29, 0.717) is 17.1 Å². The first kappa shape index (κ1) is 12.0. The number of hydrogen-bond donors (Lipinski definition) is 1. The fourth-order valence-electron chi connectivity index (χ4n) is 1.38. The van der Waals surface area contributed by atoms with Crippen LogP contribution in [0.1, 0.15) is 5.56 Å². The van der Waals surface area contributed by atoms with Gasteiger partial charge in [0.25, 0.3) is 0 Å². The Balaban J connectivity index is 2.26. The number of benzene rings is 1. The molecule has 0 atom stereocenters. The lowest BCUT2D eigenvalue weighted by Gasteiger charge is -2.07. The van der Waals surface area contributed by atoms with Crippen LogP contribution in [0, 0.1) is 5.82 Å². The minimum Gasteiger partial charge on any atom is -0.456 e. The highest BCUT2D eigenvalue weighted by Gasteiger charge is 2.03. The summed E-state index contributed by atoms with van der Waals surface area (Å²) in [7, 11) is 0. The molecule has 0 spiro atoms. The topological polar surface area (TPSA) is 48.1 Å². The number of aromatic nitrogens is 1. The van der Waals surface area contributed by atoms with Crippen LogP contribution in [-0.4, -0.2) is 4.98 Å². The fourth-order valence-corrected chi connectivity index (χ4v) is 1.73. The van der Waals surface area contributed by atoms with E-state index < -0.39 is 0 Å². The van der Waals surface area contributed by atoms with Crippen LogP contribution < -0.4 is 10.5 Å². The van der Waals surface area contributed by atoms with E-state index in [1.54, 1.807) is 24.5 Å². The molecule has 3 nitrogen and oxygen atoms in total. The lowest BCUT2D eigenvalue weighted by molar-refractivity contribution is 0.473. The molecule has 1 heterocycles. The van der Waals surface area contributed by atoms with Crippen LogP contribution in [0.2, 0.25) is 0 Å². The second kappa shape index (κ2) is 5.25. The third-order valence-electron chi connectivity index (χ3n) is 2.08. The zero-order valence-electron chi connectivity index (χ0n) is 8.86. The molecule has 2 N–H and O–H groups in total. The molecule has 0 aliphatic rings. The van der Waals surface area contributed by atoms with E-state index in [4.69, 9.17) is 10.5 Å². The van der Waals surface area contributed by atoms with Gasteiger partial charge in [0.05, 0.1) is 6.20 Å². The molecule has 0 unspecified atom stereocenters. The molecule has 0 saturated carbocycles. The van der Waals surface area contributed by atoms with Crippen molar-refractivity contribution >= 4 is 15.9 Å². The van der Waals surface area contributed by atoms with Crippen LogP contribution in [0.15, 0.2) is 41.1 Å². The SMILES string of the molecule is NCc1cc(F)cc(Oc2cncc(Br)c2)c1. The Labute approximate surface area is 107 Å². The van der Waals surface area contributed by atoms with Crippen molar-refractivity contribution in [1.29, 1.82) is 0 Å². The number of nitrogens with two attached hydrogens (primary N) is 1. The van der Waals surface area contributed by atoms with Gasteiger partial charge in [-0.05, 0) is 39.7 Å². The molecule has 1 aromatic carbocycles. The van der Waals surface area contributed by atoms with Crippen molar-refractivity contribution < 1.29 is 9.13 Å². The van der Waals surface area contributed by atoms with Crippen LogP contribution in [0.25, 0.3) is 0 Å². The van der Waals surface area contributed by atoms with Gasteiger partial charge in [0.1, 0.15) is 17.3 Å². The number of halogens is 2. The first-order chi connectivity index (χ1) is 8.17. The summed E-state index contributed by atoms with van der Waals surface area (Å²) in [6, 6.07) is 6.14. The molecule has 0 radical (unpaired) electrons. The minimum absolute atomic E-state index is 0.269. The van der Waals surface area contributed by atoms with Gasteiger partial charge in [-0.25, -0.2) is 4.39 Å². The van der Waals surface area contributed by atoms with Gasteiger partial charge >= 0.3 is 0 Å². The van der Waals surface area contributed by atoms with Gasteiger partial charge in [-0.3, -0.25) is 4.98 Å². The van der Waals surface area contributed by atoms with Crippen molar-refractivity contribution in [2.45, 2.75) is 6.54 Å². The van der Waals surface area contributed by atoms with Gasteiger partial charge in [0, 0.05) is 23.3 Å². The summed E-state index contributed by atoms with van der Waals surface area (Å²) < 4.78 is 19.5. The largest absolute Gasteiger partial charge is 0.456 e. The summed E-state index contributed by atoms with van der Waals surface area (Å²) in [5, 5.41) is 0. The van der Waals surface area contributed by atoms with Crippen LogP contribution in [0.4, 0.5) is 4.39 Å². The second-order valence-electron chi connectivity index (χ2n) is 3.44. The molecule has 5 heteroatoms. The van der Waals surface area contributed by atoms with E-state index in [9.17, 15) is 4.39 Å². The fraction of sp³-hybridized carbons (Fsp3) is 0.0833. The molecule has 0 aliphatic heterocycles. The van der Waals surface area contributed by atoms with Crippen molar-refractivity contribution in [2.75, 3.05) is 0 Å². The van der Waals surface area contributed by atoms with Gasteiger partial charge < -0.3 is 10.5 Å². The monoisotopic (exact) mass is 296 g/mol. The number of ether oxygens (including phenoxy) is 1. The molecule has 1 aromatic heterocycles. The molecule has 0 fully saturated rings. The molecule has 88 valence electrons. The molecule has 17 heavy (non-hydrogen) atoms. The minimum atomic E-state index is -0.370. The van der Waals surface area contributed by atoms with E-state index in [-0.39, 0.29) is 12.4 Å². The average molecular weight is 297 g/mol. The molecule has 0 saturated heterocycles. The van der Waals surface area contributed by atoms with E-state index in [0.717, 1.165) is 4.47 Å². The summed E-state index contributed by atoms with van der Waals surface area (Å²) in [6.45, 7) is 0.269. The molecular weight excluding hydrogens is 287 g/mol. The summed E-state index contributed by atoms with van der Waals surface area (Å²) in [5.74, 6) is 0.573. The summed E-state index contributed by atoms with van der Waals surface area (Å²) in [6.07, 6.45) is 3.20. The molecule has 0 amide bonds. The Morgan fingerprint density at radius 1 is 1.18 bits per heavy atom. The molecule has 0 bridgehead atoms. The Hall–Kier alpha value is -1.46. The first-order valence-corrected chi connectivity index (χ1v) is 5.74. The third-order valence-corrected chi connectivity index (χ3v) is 2.52. The Bertz CT molecular complexity index is 534. The summed E-state index contributed by atoms with van der Waals surface area (Å²) in [5.41, 5.74) is 6.15.